The number of benzene rings is 1. The second-order valence-corrected chi connectivity index (χ2v) is 7.22. The first-order valence-corrected chi connectivity index (χ1v) is 9.54. The van der Waals surface area contributed by atoms with Crippen molar-refractivity contribution in [3.8, 4) is 0 Å². The first kappa shape index (κ1) is 15.2. The van der Waals surface area contributed by atoms with Crippen LogP contribution in [0.4, 0.5) is 5.69 Å². The van der Waals surface area contributed by atoms with Crippen LogP contribution in [-0.2, 0) is 4.74 Å². The van der Waals surface area contributed by atoms with Crippen molar-refractivity contribution in [3.05, 3.63) is 24.3 Å². The van der Waals surface area contributed by atoms with Crippen LogP contribution in [-0.4, -0.2) is 25.0 Å². The van der Waals surface area contributed by atoms with Gasteiger partial charge in [-0.3, -0.25) is 0 Å². The molecule has 3 heteroatoms. The molecule has 1 spiro atoms. The number of para-hydroxylation sites is 1. The highest BCUT2D eigenvalue weighted by Gasteiger charge is 2.55. The van der Waals surface area contributed by atoms with Gasteiger partial charge in [0.25, 0.3) is 0 Å². The molecule has 2 unspecified atom stereocenters. The van der Waals surface area contributed by atoms with Gasteiger partial charge in [0.2, 0.25) is 0 Å². The van der Waals surface area contributed by atoms with Crippen LogP contribution >= 0.6 is 11.8 Å². The van der Waals surface area contributed by atoms with Gasteiger partial charge in [0, 0.05) is 28.6 Å². The van der Waals surface area contributed by atoms with Crippen LogP contribution in [0.1, 0.15) is 45.4 Å². The highest BCUT2D eigenvalue weighted by molar-refractivity contribution is 7.98. The van der Waals surface area contributed by atoms with Gasteiger partial charge in [0.15, 0.2) is 0 Å². The van der Waals surface area contributed by atoms with E-state index in [1.165, 1.54) is 42.7 Å². The zero-order valence-electron chi connectivity index (χ0n) is 13.2. The Balaban J connectivity index is 1.75. The van der Waals surface area contributed by atoms with E-state index in [4.69, 9.17) is 4.74 Å². The summed E-state index contributed by atoms with van der Waals surface area (Å²) < 4.78 is 6.05. The molecule has 0 saturated heterocycles. The van der Waals surface area contributed by atoms with Crippen molar-refractivity contribution in [2.75, 3.05) is 18.2 Å². The Kier molecular flexibility index (Phi) is 4.80. The third-order valence-corrected chi connectivity index (χ3v) is 6.17. The molecule has 2 aliphatic rings. The first-order valence-electron chi connectivity index (χ1n) is 8.31. The Morgan fingerprint density at radius 3 is 2.71 bits per heavy atom. The second kappa shape index (κ2) is 6.62. The minimum absolute atomic E-state index is 0.389. The normalized spacial score (nSPS) is 27.3. The number of thioether (sulfide) groups is 1. The molecule has 1 aromatic carbocycles. The smallest absolute Gasteiger partial charge is 0.0670 e. The fraction of sp³-hybridized carbons (Fsp3) is 0.667. The van der Waals surface area contributed by atoms with Crippen molar-refractivity contribution in [2.45, 2.75) is 62.5 Å². The highest BCUT2D eigenvalue weighted by atomic mass is 32.2. The Labute approximate surface area is 133 Å². The van der Waals surface area contributed by atoms with E-state index in [1.54, 1.807) is 0 Å². The van der Waals surface area contributed by atoms with Crippen molar-refractivity contribution in [1.82, 2.24) is 0 Å². The maximum absolute atomic E-state index is 6.05. The largest absolute Gasteiger partial charge is 0.381 e. The lowest BCUT2D eigenvalue weighted by Crippen LogP contribution is -2.62. The van der Waals surface area contributed by atoms with Crippen molar-refractivity contribution in [1.29, 1.82) is 0 Å². The van der Waals surface area contributed by atoms with Crippen LogP contribution in [0.25, 0.3) is 0 Å². The van der Waals surface area contributed by atoms with E-state index >= 15 is 0 Å². The average Bonchev–Trinajstić information content (AvgIpc) is 2.55. The third kappa shape index (κ3) is 2.83. The fourth-order valence-electron chi connectivity index (χ4n) is 4.22. The molecule has 3 rings (SSSR count). The maximum Gasteiger partial charge on any atom is 0.0670 e. The van der Waals surface area contributed by atoms with Gasteiger partial charge >= 0.3 is 0 Å². The summed E-state index contributed by atoms with van der Waals surface area (Å²) in [6.45, 7) is 2.97. The zero-order valence-corrected chi connectivity index (χ0v) is 14.0. The topological polar surface area (TPSA) is 21.3 Å². The van der Waals surface area contributed by atoms with Crippen molar-refractivity contribution < 1.29 is 4.74 Å². The summed E-state index contributed by atoms with van der Waals surface area (Å²) in [5.41, 5.74) is 1.69. The molecule has 2 atom stereocenters. The molecule has 0 radical (unpaired) electrons. The standard InChI is InChI=1S/C18H27NOS/c1-3-20-17-13-16(18(17)11-7-4-8-12-18)19-14-9-5-6-10-15(14)21-2/h5-6,9-10,16-17,19H,3-4,7-8,11-13H2,1-2H3. The summed E-state index contributed by atoms with van der Waals surface area (Å²) in [6, 6.07) is 9.27. The van der Waals surface area contributed by atoms with Crippen molar-refractivity contribution in [2.24, 2.45) is 5.41 Å². The van der Waals surface area contributed by atoms with Crippen LogP contribution in [0.3, 0.4) is 0 Å². The summed E-state index contributed by atoms with van der Waals surface area (Å²) in [4.78, 5) is 1.35. The number of ether oxygens (including phenoxy) is 1. The van der Waals surface area contributed by atoms with Crippen molar-refractivity contribution >= 4 is 17.4 Å². The van der Waals surface area contributed by atoms with Gasteiger partial charge < -0.3 is 10.1 Å². The number of hydrogen-bond donors (Lipinski definition) is 1. The highest BCUT2D eigenvalue weighted by Crippen LogP contribution is 2.54. The molecule has 0 bridgehead atoms. The Hall–Kier alpha value is -0.670. The number of rotatable bonds is 5. The molecule has 1 aromatic rings. The van der Waals surface area contributed by atoms with E-state index in [1.807, 2.05) is 11.8 Å². The molecule has 0 heterocycles. The van der Waals surface area contributed by atoms with E-state index in [9.17, 15) is 0 Å². The average molecular weight is 305 g/mol. The molecule has 116 valence electrons. The molecule has 0 amide bonds. The van der Waals surface area contributed by atoms with Crippen LogP contribution in [0.15, 0.2) is 29.2 Å². The van der Waals surface area contributed by atoms with Gasteiger partial charge in [-0.05, 0) is 44.6 Å². The molecule has 0 aromatic heterocycles. The lowest BCUT2D eigenvalue weighted by Gasteiger charge is -2.58. The monoisotopic (exact) mass is 305 g/mol. The molecule has 2 fully saturated rings. The molecule has 2 aliphatic carbocycles. The lowest BCUT2D eigenvalue weighted by atomic mass is 9.55. The van der Waals surface area contributed by atoms with Gasteiger partial charge in [0.05, 0.1) is 6.10 Å². The summed E-state index contributed by atoms with van der Waals surface area (Å²) in [5, 5.41) is 3.85. The van der Waals surface area contributed by atoms with E-state index in [2.05, 4.69) is 42.8 Å². The summed E-state index contributed by atoms with van der Waals surface area (Å²) in [5.74, 6) is 0. The number of hydrogen-bond acceptors (Lipinski definition) is 3. The number of nitrogens with one attached hydrogen (secondary N) is 1. The molecule has 2 saturated carbocycles. The first-order chi connectivity index (χ1) is 10.3. The predicted molar refractivity (Wildman–Crippen MR) is 91.2 cm³/mol. The molecule has 1 N–H and O–H groups in total. The molecule has 21 heavy (non-hydrogen) atoms. The maximum atomic E-state index is 6.05. The van der Waals surface area contributed by atoms with Gasteiger partial charge in [-0.1, -0.05) is 31.4 Å². The van der Waals surface area contributed by atoms with E-state index in [0.717, 1.165) is 13.0 Å². The summed E-state index contributed by atoms with van der Waals surface area (Å²) in [7, 11) is 0. The minimum Gasteiger partial charge on any atom is -0.381 e. The molecular weight excluding hydrogens is 278 g/mol. The molecule has 2 nitrogen and oxygen atoms in total. The zero-order chi connectivity index (χ0) is 14.7. The molecular formula is C18H27NOS. The third-order valence-electron chi connectivity index (χ3n) is 5.37. The van der Waals surface area contributed by atoms with Gasteiger partial charge in [0.1, 0.15) is 0 Å². The van der Waals surface area contributed by atoms with Gasteiger partial charge in [-0.2, -0.15) is 0 Å². The van der Waals surface area contributed by atoms with Crippen LogP contribution in [0.5, 0.6) is 0 Å². The Bertz CT molecular complexity index is 470. The Morgan fingerprint density at radius 1 is 1.24 bits per heavy atom. The van der Waals surface area contributed by atoms with Crippen LogP contribution in [0.2, 0.25) is 0 Å². The predicted octanol–water partition coefficient (Wildman–Crippen LogP) is 4.95. The minimum atomic E-state index is 0.389. The number of anilines is 1. The SMILES string of the molecule is CCOC1CC(Nc2ccccc2SC)C12CCCCC2. The van der Waals surface area contributed by atoms with E-state index in [0.29, 0.717) is 17.6 Å². The van der Waals surface area contributed by atoms with Crippen LogP contribution in [0, 0.1) is 5.41 Å². The van der Waals surface area contributed by atoms with E-state index < -0.39 is 0 Å². The lowest BCUT2D eigenvalue weighted by molar-refractivity contribution is -0.134. The molecule has 0 aliphatic heterocycles. The summed E-state index contributed by atoms with van der Waals surface area (Å²) in [6.07, 6.45) is 10.6. The van der Waals surface area contributed by atoms with Gasteiger partial charge in [-0.15, -0.1) is 11.8 Å². The second-order valence-electron chi connectivity index (χ2n) is 6.37. The Morgan fingerprint density at radius 2 is 2.00 bits per heavy atom. The van der Waals surface area contributed by atoms with Gasteiger partial charge in [-0.25, -0.2) is 0 Å². The quantitative estimate of drug-likeness (QED) is 0.778. The van der Waals surface area contributed by atoms with Crippen LogP contribution < -0.4 is 5.32 Å². The summed E-state index contributed by atoms with van der Waals surface area (Å²) >= 11 is 1.82. The fourth-order valence-corrected chi connectivity index (χ4v) is 4.78. The van der Waals surface area contributed by atoms with E-state index in [-0.39, 0.29) is 0 Å². The van der Waals surface area contributed by atoms with Crippen molar-refractivity contribution in [3.63, 3.8) is 0 Å².